The highest BCUT2D eigenvalue weighted by atomic mass is 16.2. The van der Waals surface area contributed by atoms with Gasteiger partial charge >= 0.3 is 0 Å². The van der Waals surface area contributed by atoms with E-state index in [-0.39, 0.29) is 5.91 Å². The molecule has 2 amide bonds. The molecule has 0 aromatic heterocycles. The molecule has 1 atom stereocenters. The number of primary amides is 1. The van der Waals surface area contributed by atoms with Crippen molar-refractivity contribution < 1.29 is 9.59 Å². The first kappa shape index (κ1) is 12.9. The number of rotatable bonds is 7. The van der Waals surface area contributed by atoms with Crippen molar-refractivity contribution in [2.45, 2.75) is 38.6 Å². The summed E-state index contributed by atoms with van der Waals surface area (Å²) in [6, 6.07) is -0.537. The lowest BCUT2D eigenvalue weighted by Gasteiger charge is -2.13. The van der Waals surface area contributed by atoms with Gasteiger partial charge in [0.2, 0.25) is 11.8 Å². The zero-order valence-electron chi connectivity index (χ0n) is 8.58. The summed E-state index contributed by atoms with van der Waals surface area (Å²) in [5, 5.41) is 2.58. The minimum atomic E-state index is -0.537. The Labute approximate surface area is 84.2 Å². The molecule has 0 bridgehead atoms. The molecule has 0 rings (SSSR count). The summed E-state index contributed by atoms with van der Waals surface area (Å²) < 4.78 is 0. The van der Waals surface area contributed by atoms with Crippen molar-refractivity contribution in [2.24, 2.45) is 11.5 Å². The fourth-order valence-corrected chi connectivity index (χ4v) is 1.10. The van der Waals surface area contributed by atoms with Gasteiger partial charge in [-0.1, -0.05) is 13.3 Å². The third-order valence-electron chi connectivity index (χ3n) is 1.86. The van der Waals surface area contributed by atoms with Crippen LogP contribution >= 0.6 is 0 Å². The fraction of sp³-hybridized carbons (Fsp3) is 0.778. The van der Waals surface area contributed by atoms with Crippen molar-refractivity contribution in [1.82, 2.24) is 5.32 Å². The second kappa shape index (κ2) is 7.32. The van der Waals surface area contributed by atoms with E-state index >= 15 is 0 Å². The van der Waals surface area contributed by atoms with Crippen molar-refractivity contribution in [3.05, 3.63) is 0 Å². The molecule has 0 saturated heterocycles. The summed E-state index contributed by atoms with van der Waals surface area (Å²) in [6.45, 7) is 2.41. The number of carbonyl (C=O) groups is 2. The van der Waals surface area contributed by atoms with Crippen molar-refractivity contribution in [1.29, 1.82) is 0 Å². The van der Waals surface area contributed by atoms with Crippen LogP contribution in [0.1, 0.15) is 32.6 Å². The molecular formula is C9H19N3O2. The maximum atomic E-state index is 11.2. The average molecular weight is 201 g/mol. The summed E-state index contributed by atoms with van der Waals surface area (Å²) in [5.41, 5.74) is 10.4. The maximum absolute atomic E-state index is 11.2. The Morgan fingerprint density at radius 1 is 1.43 bits per heavy atom. The predicted molar refractivity (Wildman–Crippen MR) is 54.3 cm³/mol. The van der Waals surface area contributed by atoms with Crippen LogP contribution in [-0.2, 0) is 9.59 Å². The quantitative estimate of drug-likeness (QED) is 0.517. The van der Waals surface area contributed by atoms with E-state index < -0.39 is 11.9 Å². The molecule has 5 N–H and O–H groups in total. The molecule has 0 aliphatic rings. The third kappa shape index (κ3) is 5.53. The van der Waals surface area contributed by atoms with Gasteiger partial charge in [0.15, 0.2) is 0 Å². The Kier molecular flexibility index (Phi) is 6.74. The van der Waals surface area contributed by atoms with Gasteiger partial charge in [-0.2, -0.15) is 0 Å². The van der Waals surface area contributed by atoms with Gasteiger partial charge in [-0.25, -0.2) is 0 Å². The first-order valence-electron chi connectivity index (χ1n) is 4.90. The topological polar surface area (TPSA) is 98.2 Å². The molecule has 0 aromatic carbocycles. The highest BCUT2D eigenvalue weighted by Gasteiger charge is 2.15. The second-order valence-electron chi connectivity index (χ2n) is 3.20. The van der Waals surface area contributed by atoms with Crippen molar-refractivity contribution in [3.63, 3.8) is 0 Å². The van der Waals surface area contributed by atoms with Gasteiger partial charge in [0.05, 0.1) is 0 Å². The summed E-state index contributed by atoms with van der Waals surface area (Å²) in [5.74, 6) is -0.638. The second-order valence-corrected chi connectivity index (χ2v) is 3.20. The van der Waals surface area contributed by atoms with Crippen molar-refractivity contribution in [2.75, 3.05) is 6.54 Å². The molecule has 14 heavy (non-hydrogen) atoms. The molecule has 1 unspecified atom stereocenters. The average Bonchev–Trinajstić information content (AvgIpc) is 2.14. The zero-order chi connectivity index (χ0) is 11.0. The summed E-state index contributed by atoms with van der Waals surface area (Å²) in [7, 11) is 0. The summed E-state index contributed by atoms with van der Waals surface area (Å²) in [6.07, 6.45) is 2.38. The molecule has 0 saturated carbocycles. The van der Waals surface area contributed by atoms with Gasteiger partial charge in [-0.15, -0.1) is 0 Å². The monoisotopic (exact) mass is 201 g/mol. The Hall–Kier alpha value is -1.10. The highest BCUT2D eigenvalue weighted by Crippen LogP contribution is 1.97. The maximum Gasteiger partial charge on any atom is 0.239 e. The fourth-order valence-electron chi connectivity index (χ4n) is 1.10. The lowest BCUT2D eigenvalue weighted by Crippen LogP contribution is -2.44. The smallest absolute Gasteiger partial charge is 0.239 e. The lowest BCUT2D eigenvalue weighted by atomic mass is 10.1. The first-order valence-corrected chi connectivity index (χ1v) is 4.90. The normalized spacial score (nSPS) is 12.1. The van der Waals surface area contributed by atoms with E-state index in [0.717, 1.165) is 6.42 Å². The van der Waals surface area contributed by atoms with Crippen LogP contribution in [0.15, 0.2) is 0 Å². The van der Waals surface area contributed by atoms with Crippen molar-refractivity contribution in [3.8, 4) is 0 Å². The first-order chi connectivity index (χ1) is 6.61. The van der Waals surface area contributed by atoms with E-state index in [1.54, 1.807) is 0 Å². The molecule has 82 valence electrons. The molecular weight excluding hydrogens is 182 g/mol. The van der Waals surface area contributed by atoms with Gasteiger partial charge in [0.1, 0.15) is 6.04 Å². The van der Waals surface area contributed by atoms with E-state index in [9.17, 15) is 9.59 Å². The van der Waals surface area contributed by atoms with E-state index in [1.807, 2.05) is 6.92 Å². The molecule has 0 radical (unpaired) electrons. The van der Waals surface area contributed by atoms with Gasteiger partial charge in [-0.05, 0) is 19.4 Å². The number of nitrogens with one attached hydrogen (secondary N) is 1. The molecule has 5 heteroatoms. The van der Waals surface area contributed by atoms with Crippen LogP contribution in [0.25, 0.3) is 0 Å². The van der Waals surface area contributed by atoms with Gasteiger partial charge in [0.25, 0.3) is 0 Å². The SMILES string of the molecule is CCCC(NC(=O)CCCN)C(N)=O. The number of hydrogen-bond donors (Lipinski definition) is 3. The lowest BCUT2D eigenvalue weighted by molar-refractivity contribution is -0.127. The number of carbonyl (C=O) groups excluding carboxylic acids is 2. The number of nitrogens with two attached hydrogens (primary N) is 2. The minimum Gasteiger partial charge on any atom is -0.368 e. The molecule has 0 aliphatic heterocycles. The highest BCUT2D eigenvalue weighted by molar-refractivity contribution is 5.86. The Morgan fingerprint density at radius 3 is 2.50 bits per heavy atom. The number of amides is 2. The van der Waals surface area contributed by atoms with E-state index in [4.69, 9.17) is 11.5 Å². The summed E-state index contributed by atoms with van der Waals surface area (Å²) in [4.78, 5) is 22.1. The van der Waals surface area contributed by atoms with E-state index in [0.29, 0.717) is 25.8 Å². The van der Waals surface area contributed by atoms with Crippen LogP contribution in [0, 0.1) is 0 Å². The van der Waals surface area contributed by atoms with Gasteiger partial charge < -0.3 is 16.8 Å². The molecule has 0 aliphatic carbocycles. The molecule has 0 heterocycles. The van der Waals surface area contributed by atoms with Crippen LogP contribution in [0.2, 0.25) is 0 Å². The van der Waals surface area contributed by atoms with Crippen LogP contribution in [0.5, 0.6) is 0 Å². The Morgan fingerprint density at radius 2 is 2.07 bits per heavy atom. The minimum absolute atomic E-state index is 0.160. The van der Waals surface area contributed by atoms with Crippen LogP contribution in [-0.4, -0.2) is 24.4 Å². The largest absolute Gasteiger partial charge is 0.368 e. The van der Waals surface area contributed by atoms with Crippen molar-refractivity contribution >= 4 is 11.8 Å². The Balaban J connectivity index is 3.90. The molecule has 0 fully saturated rings. The van der Waals surface area contributed by atoms with Crippen LogP contribution in [0.4, 0.5) is 0 Å². The van der Waals surface area contributed by atoms with Gasteiger partial charge in [-0.3, -0.25) is 9.59 Å². The standard InChI is InChI=1S/C9H19N3O2/c1-2-4-7(9(11)14)12-8(13)5-3-6-10/h7H,2-6,10H2,1H3,(H2,11,14)(H,12,13). The van der Waals surface area contributed by atoms with E-state index in [1.165, 1.54) is 0 Å². The summed E-state index contributed by atoms with van der Waals surface area (Å²) >= 11 is 0. The third-order valence-corrected chi connectivity index (χ3v) is 1.86. The molecule has 0 spiro atoms. The number of hydrogen-bond acceptors (Lipinski definition) is 3. The zero-order valence-corrected chi connectivity index (χ0v) is 8.58. The van der Waals surface area contributed by atoms with E-state index in [2.05, 4.69) is 5.32 Å². The Bertz CT molecular complexity index is 194. The molecule has 0 aromatic rings. The van der Waals surface area contributed by atoms with Crippen LogP contribution in [0.3, 0.4) is 0 Å². The molecule has 5 nitrogen and oxygen atoms in total. The van der Waals surface area contributed by atoms with Crippen LogP contribution < -0.4 is 16.8 Å². The predicted octanol–water partition coefficient (Wildman–Crippen LogP) is -0.504. The van der Waals surface area contributed by atoms with Gasteiger partial charge in [0, 0.05) is 6.42 Å².